The van der Waals surface area contributed by atoms with Crippen LogP contribution in [0.15, 0.2) is 17.0 Å². The molecule has 2 N–H and O–H groups in total. The lowest BCUT2D eigenvalue weighted by atomic mass is 10.2. The van der Waals surface area contributed by atoms with E-state index in [-0.39, 0.29) is 16.1 Å². The van der Waals surface area contributed by atoms with E-state index in [0.29, 0.717) is 18.3 Å². The summed E-state index contributed by atoms with van der Waals surface area (Å²) in [5.74, 6) is 0.184. The summed E-state index contributed by atoms with van der Waals surface area (Å²) in [6.45, 7) is 4.44. The molecule has 0 aliphatic carbocycles. The smallest absolute Gasteiger partial charge is 0.243 e. The highest BCUT2D eigenvalue weighted by Gasteiger charge is 2.31. The number of hydrogen-bond acceptors (Lipinski definition) is 4. The molecule has 1 aromatic rings. The summed E-state index contributed by atoms with van der Waals surface area (Å²) in [5, 5.41) is 0.296. The lowest BCUT2D eigenvalue weighted by Gasteiger charge is -2.31. The molecule has 0 aromatic heterocycles. The predicted molar refractivity (Wildman–Crippen MR) is 80.8 cm³/mol. The number of hydrogen-bond donors (Lipinski definition) is 1. The molecular weight excluding hydrogens is 299 g/mol. The Morgan fingerprint density at radius 1 is 1.50 bits per heavy atom. The van der Waals surface area contributed by atoms with Gasteiger partial charge in [0.25, 0.3) is 0 Å². The quantitative estimate of drug-likeness (QED) is 0.868. The maximum absolute atomic E-state index is 13.7. The lowest BCUT2D eigenvalue weighted by Crippen LogP contribution is -2.42. The van der Waals surface area contributed by atoms with Crippen LogP contribution in [0.25, 0.3) is 0 Å². The van der Waals surface area contributed by atoms with Gasteiger partial charge in [-0.1, -0.05) is 6.92 Å². The third-order valence-electron chi connectivity index (χ3n) is 3.49. The summed E-state index contributed by atoms with van der Waals surface area (Å²) in [6, 6.07) is 2.49. The van der Waals surface area contributed by atoms with Crippen LogP contribution in [0, 0.1) is 12.7 Å². The largest absolute Gasteiger partial charge is 0.399 e. The van der Waals surface area contributed by atoms with Crippen LogP contribution in [-0.2, 0) is 10.0 Å². The zero-order valence-corrected chi connectivity index (χ0v) is 13.2. The van der Waals surface area contributed by atoms with E-state index in [1.54, 1.807) is 11.8 Å². The third-order valence-corrected chi connectivity index (χ3v) is 6.86. The molecule has 112 valence electrons. The van der Waals surface area contributed by atoms with Crippen molar-refractivity contribution < 1.29 is 12.8 Å². The van der Waals surface area contributed by atoms with Gasteiger partial charge in [-0.25, -0.2) is 12.8 Å². The standard InChI is InChI=1S/C13H19FN2O2S2/c1-3-11-8-16(4-5-19-11)20(17,18)13-7-10(15)6-12(14)9(13)2/h6-7,11H,3-5,8,15H2,1-2H3. The molecule has 0 spiro atoms. The van der Waals surface area contributed by atoms with Gasteiger partial charge in [-0.15, -0.1) is 0 Å². The Hall–Kier alpha value is -0.790. The van der Waals surface area contributed by atoms with Gasteiger partial charge in [0.15, 0.2) is 0 Å². The molecule has 1 saturated heterocycles. The van der Waals surface area contributed by atoms with E-state index in [2.05, 4.69) is 0 Å². The number of nitrogens with two attached hydrogens (primary N) is 1. The van der Waals surface area contributed by atoms with Crippen molar-refractivity contribution in [2.45, 2.75) is 30.4 Å². The van der Waals surface area contributed by atoms with Gasteiger partial charge in [-0.2, -0.15) is 16.1 Å². The number of anilines is 1. The molecule has 7 heteroatoms. The Labute approximate surface area is 123 Å². The first-order valence-electron chi connectivity index (χ1n) is 6.53. The summed E-state index contributed by atoms with van der Waals surface area (Å²) in [4.78, 5) is -0.0169. The fourth-order valence-corrected chi connectivity index (χ4v) is 5.38. The molecule has 1 aromatic carbocycles. The normalized spacial score (nSPS) is 21.1. The first-order chi connectivity index (χ1) is 9.36. The Morgan fingerprint density at radius 3 is 2.85 bits per heavy atom. The fourth-order valence-electron chi connectivity index (χ4n) is 2.24. The van der Waals surface area contributed by atoms with Gasteiger partial charge >= 0.3 is 0 Å². The van der Waals surface area contributed by atoms with E-state index >= 15 is 0 Å². The van der Waals surface area contributed by atoms with Crippen LogP contribution in [0.3, 0.4) is 0 Å². The Balaban J connectivity index is 2.40. The SMILES string of the molecule is CCC1CN(S(=O)(=O)c2cc(N)cc(F)c2C)CCS1. The van der Waals surface area contributed by atoms with Crippen molar-refractivity contribution in [3.63, 3.8) is 0 Å². The number of halogens is 1. The van der Waals surface area contributed by atoms with Crippen molar-refractivity contribution in [1.29, 1.82) is 0 Å². The summed E-state index contributed by atoms with van der Waals surface area (Å²) in [6.07, 6.45) is 0.918. The van der Waals surface area contributed by atoms with E-state index in [0.717, 1.165) is 18.2 Å². The van der Waals surface area contributed by atoms with E-state index in [4.69, 9.17) is 5.73 Å². The van der Waals surface area contributed by atoms with E-state index in [9.17, 15) is 12.8 Å². The van der Waals surface area contributed by atoms with Crippen molar-refractivity contribution in [2.24, 2.45) is 0 Å². The maximum Gasteiger partial charge on any atom is 0.243 e. The van der Waals surface area contributed by atoms with E-state index in [1.165, 1.54) is 17.3 Å². The highest BCUT2D eigenvalue weighted by molar-refractivity contribution is 8.00. The average molecular weight is 318 g/mol. The predicted octanol–water partition coefficient (Wildman–Crippen LogP) is 2.23. The Kier molecular flexibility index (Phi) is 4.61. The molecule has 1 aliphatic heterocycles. The lowest BCUT2D eigenvalue weighted by molar-refractivity contribution is 0.415. The van der Waals surface area contributed by atoms with Crippen LogP contribution in [0.5, 0.6) is 0 Å². The van der Waals surface area contributed by atoms with Crippen LogP contribution in [-0.4, -0.2) is 36.8 Å². The summed E-state index contributed by atoms with van der Waals surface area (Å²) in [5.41, 5.74) is 5.84. The molecule has 0 saturated carbocycles. The van der Waals surface area contributed by atoms with Crippen LogP contribution in [0.4, 0.5) is 10.1 Å². The minimum atomic E-state index is -3.68. The topological polar surface area (TPSA) is 63.4 Å². The van der Waals surface area contributed by atoms with Gasteiger partial charge in [0.05, 0.1) is 4.90 Å². The molecule has 2 rings (SSSR count). The summed E-state index contributed by atoms with van der Waals surface area (Å²) >= 11 is 1.78. The molecule has 4 nitrogen and oxygen atoms in total. The highest BCUT2D eigenvalue weighted by Crippen LogP contribution is 2.29. The first kappa shape index (κ1) is 15.6. The van der Waals surface area contributed by atoms with Gasteiger partial charge in [0, 0.05) is 35.3 Å². The second kappa shape index (κ2) is 5.91. The van der Waals surface area contributed by atoms with Crippen molar-refractivity contribution in [1.82, 2.24) is 4.31 Å². The van der Waals surface area contributed by atoms with Gasteiger partial charge in [-0.3, -0.25) is 0 Å². The molecule has 20 heavy (non-hydrogen) atoms. The van der Waals surface area contributed by atoms with Gasteiger partial charge in [0.1, 0.15) is 5.82 Å². The second-order valence-corrected chi connectivity index (χ2v) is 8.20. The van der Waals surface area contributed by atoms with Crippen LogP contribution >= 0.6 is 11.8 Å². The van der Waals surface area contributed by atoms with Crippen molar-refractivity contribution in [3.05, 3.63) is 23.5 Å². The molecule has 0 amide bonds. The van der Waals surface area contributed by atoms with Crippen molar-refractivity contribution in [3.8, 4) is 0 Å². The zero-order valence-electron chi connectivity index (χ0n) is 11.6. The maximum atomic E-state index is 13.7. The minimum absolute atomic E-state index is 0.0169. The van der Waals surface area contributed by atoms with E-state index in [1.807, 2.05) is 6.92 Å². The molecule has 0 bridgehead atoms. The van der Waals surface area contributed by atoms with Crippen molar-refractivity contribution in [2.75, 3.05) is 24.6 Å². The van der Waals surface area contributed by atoms with Gasteiger partial charge in [-0.05, 0) is 25.5 Å². The minimum Gasteiger partial charge on any atom is -0.399 e. The van der Waals surface area contributed by atoms with Crippen LogP contribution < -0.4 is 5.73 Å². The second-order valence-electron chi connectivity index (χ2n) is 4.89. The average Bonchev–Trinajstić information content (AvgIpc) is 2.42. The molecule has 1 fully saturated rings. The number of nitrogens with zero attached hydrogens (tertiary/aromatic N) is 1. The Morgan fingerprint density at radius 2 is 2.20 bits per heavy atom. The van der Waals surface area contributed by atoms with Gasteiger partial charge < -0.3 is 5.73 Å². The van der Waals surface area contributed by atoms with Crippen LogP contribution in [0.2, 0.25) is 0 Å². The fraction of sp³-hybridized carbons (Fsp3) is 0.538. The molecule has 1 unspecified atom stereocenters. The molecule has 0 radical (unpaired) electrons. The summed E-state index contributed by atoms with van der Waals surface area (Å²) in [7, 11) is -3.68. The molecule has 1 heterocycles. The number of thioether (sulfide) groups is 1. The molecule has 1 atom stereocenters. The third kappa shape index (κ3) is 2.94. The molecular formula is C13H19FN2O2S2. The number of benzene rings is 1. The first-order valence-corrected chi connectivity index (χ1v) is 9.02. The zero-order chi connectivity index (χ0) is 14.9. The monoisotopic (exact) mass is 318 g/mol. The Bertz CT molecular complexity index is 605. The number of sulfonamides is 1. The van der Waals surface area contributed by atoms with Crippen molar-refractivity contribution >= 4 is 27.5 Å². The molecule has 1 aliphatic rings. The highest BCUT2D eigenvalue weighted by atomic mass is 32.2. The van der Waals surface area contributed by atoms with Crippen LogP contribution in [0.1, 0.15) is 18.9 Å². The van der Waals surface area contributed by atoms with E-state index < -0.39 is 15.8 Å². The number of nitrogen functional groups attached to an aromatic ring is 1. The van der Waals surface area contributed by atoms with Gasteiger partial charge in [0.2, 0.25) is 10.0 Å². The number of rotatable bonds is 3. The summed E-state index contributed by atoms with van der Waals surface area (Å²) < 4.78 is 40.5.